The summed E-state index contributed by atoms with van der Waals surface area (Å²) in [4.78, 5) is 64.4. The molecule has 0 aliphatic heterocycles. The van der Waals surface area contributed by atoms with E-state index in [0.717, 1.165) is 0 Å². The molecular weight excluding hydrogens is 586 g/mol. The molecule has 214 valence electrons. The van der Waals surface area contributed by atoms with Gasteiger partial charge in [0.05, 0.1) is 0 Å². The lowest BCUT2D eigenvalue weighted by Crippen LogP contribution is -2.19. The third-order valence-corrected chi connectivity index (χ3v) is 6.11. The van der Waals surface area contributed by atoms with E-state index in [-0.39, 0.29) is 11.5 Å². The third-order valence-electron chi connectivity index (χ3n) is 5.36. The van der Waals surface area contributed by atoms with Crippen molar-refractivity contribution in [3.05, 3.63) is 108 Å². The smallest absolute Gasteiger partial charge is 0.427 e. The Kier molecular flexibility index (Phi) is 10.1. The minimum absolute atomic E-state index is 0.124. The monoisotopic (exact) mass is 609 g/mol. The number of nitrogens with one attached hydrogen (secondary N) is 4. The van der Waals surface area contributed by atoms with Gasteiger partial charge in [-0.15, -0.1) is 4.89 Å². The normalized spacial score (nSPS) is 10.8. The maximum atomic E-state index is 12.6. The van der Waals surface area contributed by atoms with Crippen molar-refractivity contribution < 1.29 is 42.7 Å². The fraction of sp³-hybridized carbons (Fsp3) is 0. The van der Waals surface area contributed by atoms with Crippen molar-refractivity contribution in [3.63, 3.8) is 0 Å². The minimum atomic E-state index is -2.83. The van der Waals surface area contributed by atoms with E-state index in [1.807, 2.05) is 0 Å². The van der Waals surface area contributed by atoms with Crippen LogP contribution in [0.3, 0.4) is 0 Å². The number of amides is 4. The summed E-state index contributed by atoms with van der Waals surface area (Å²) in [7, 11) is -5.41. The average Bonchev–Trinajstić information content (AvgIpc) is 2.93. The Morgan fingerprint density at radius 2 is 1.07 bits per heavy atom. The van der Waals surface area contributed by atoms with Crippen molar-refractivity contribution in [1.82, 2.24) is 0 Å². The van der Waals surface area contributed by atoms with Crippen LogP contribution in [0.25, 0.3) is 0 Å². The second-order valence-electron chi connectivity index (χ2n) is 8.37. The maximum absolute atomic E-state index is 12.6. The molecule has 1 unspecified atom stereocenters. The minimum Gasteiger partial charge on any atom is -0.427 e. The molecule has 42 heavy (non-hydrogen) atoms. The molecule has 0 bridgehead atoms. The summed E-state index contributed by atoms with van der Waals surface area (Å²) in [6.07, 6.45) is 0. The van der Waals surface area contributed by atoms with Gasteiger partial charge in [-0.25, -0.2) is 9.32 Å². The number of rotatable bonds is 10. The average molecular weight is 609 g/mol. The molecule has 0 fully saturated rings. The van der Waals surface area contributed by atoms with Crippen LogP contribution in [-0.4, -0.2) is 32.5 Å². The highest BCUT2D eigenvalue weighted by molar-refractivity contribution is 7.39. The van der Waals surface area contributed by atoms with E-state index in [9.17, 15) is 18.9 Å². The van der Waals surface area contributed by atoms with Crippen molar-refractivity contribution in [3.8, 4) is 11.5 Å². The second-order valence-corrected chi connectivity index (χ2v) is 9.72. The van der Waals surface area contributed by atoms with E-state index in [1.165, 1.54) is 48.5 Å². The van der Waals surface area contributed by atoms with Gasteiger partial charge in [-0.2, -0.15) is 0 Å². The van der Waals surface area contributed by atoms with E-state index in [0.29, 0.717) is 33.9 Å². The summed E-state index contributed by atoms with van der Waals surface area (Å²) < 4.78 is 20.4. The molecule has 4 aromatic rings. The molecule has 0 saturated carbocycles. The van der Waals surface area contributed by atoms with Gasteiger partial charge in [-0.3, -0.25) is 9.59 Å². The van der Waals surface area contributed by atoms with Gasteiger partial charge in [0.2, 0.25) is 0 Å². The first kappa shape index (κ1) is 30.1. The molecule has 4 amide bonds. The lowest BCUT2D eigenvalue weighted by molar-refractivity contribution is 0.101. The van der Waals surface area contributed by atoms with Crippen LogP contribution >= 0.6 is 16.9 Å². The van der Waals surface area contributed by atoms with Gasteiger partial charge in [-0.1, -0.05) is 12.1 Å². The summed E-state index contributed by atoms with van der Waals surface area (Å²) in [5.74, 6) is -0.555. The van der Waals surface area contributed by atoms with Gasteiger partial charge >= 0.3 is 22.9 Å². The molecule has 1 atom stereocenters. The third kappa shape index (κ3) is 9.07. The lowest BCUT2D eigenvalue weighted by atomic mass is 10.2. The Morgan fingerprint density at radius 3 is 1.52 bits per heavy atom. The lowest BCUT2D eigenvalue weighted by Gasteiger charge is -2.10. The first-order valence-corrected chi connectivity index (χ1v) is 14.2. The van der Waals surface area contributed by atoms with Gasteiger partial charge in [0.1, 0.15) is 5.75 Å². The number of carbonyl (C=O) groups is 3. The summed E-state index contributed by atoms with van der Waals surface area (Å²) in [6, 6.07) is 23.9. The summed E-state index contributed by atoms with van der Waals surface area (Å²) in [5, 5.41) is 10.6. The molecule has 0 radical (unpaired) electrons. The van der Waals surface area contributed by atoms with Crippen LogP contribution in [0.1, 0.15) is 20.7 Å². The van der Waals surface area contributed by atoms with Gasteiger partial charge in [0.15, 0.2) is 5.75 Å². The molecule has 0 heterocycles. The Hall–Kier alpha value is -4.90. The predicted molar refractivity (Wildman–Crippen MR) is 157 cm³/mol. The van der Waals surface area contributed by atoms with Crippen LogP contribution in [0.4, 0.5) is 27.5 Å². The van der Waals surface area contributed by atoms with Crippen LogP contribution in [0.15, 0.2) is 97.1 Å². The fourth-order valence-corrected chi connectivity index (χ4v) is 4.15. The molecule has 0 saturated heterocycles. The summed E-state index contributed by atoms with van der Waals surface area (Å²) in [5.41, 5.74) is 2.22. The molecule has 0 spiro atoms. The molecular formula is C27H23N4O9P2+. The Morgan fingerprint density at radius 1 is 0.619 bits per heavy atom. The Balaban J connectivity index is 1.28. The number of hydrogen-bond acceptors (Lipinski definition) is 8. The molecule has 0 aliphatic rings. The quantitative estimate of drug-likeness (QED) is 0.114. The van der Waals surface area contributed by atoms with Crippen LogP contribution in [-0.2, 0) is 4.57 Å². The van der Waals surface area contributed by atoms with Crippen LogP contribution in [0, 0.1) is 0 Å². The Labute approximate surface area is 241 Å². The zero-order valence-electron chi connectivity index (χ0n) is 21.4. The number of anilines is 4. The number of hydrogen-bond donors (Lipinski definition) is 7. The molecule has 13 nitrogen and oxygen atoms in total. The first-order chi connectivity index (χ1) is 20.1. The number of carbonyl (C=O) groups excluding carboxylic acids is 3. The second kappa shape index (κ2) is 14.1. The first-order valence-electron chi connectivity index (χ1n) is 12.0. The highest BCUT2D eigenvalue weighted by Crippen LogP contribution is 2.30. The molecule has 4 aromatic carbocycles. The van der Waals surface area contributed by atoms with Crippen molar-refractivity contribution in [1.29, 1.82) is 0 Å². The number of urea groups is 1. The van der Waals surface area contributed by atoms with Crippen molar-refractivity contribution in [2.75, 3.05) is 21.3 Å². The highest BCUT2D eigenvalue weighted by Gasteiger charge is 2.15. The molecule has 0 aliphatic carbocycles. The fourth-order valence-electron chi connectivity index (χ4n) is 3.56. The SMILES string of the molecule is O=C(Nc1ccc(C(=O)Nc2cccc(OP(O)O)c2)cc1)Nc1ccc(C(=O)Nc2cccc(O[P+](=O)O)c2)cc1. The molecule has 4 rings (SSSR count). The van der Waals surface area contributed by atoms with E-state index >= 15 is 0 Å². The van der Waals surface area contributed by atoms with Crippen molar-refractivity contribution >= 4 is 57.5 Å². The van der Waals surface area contributed by atoms with Crippen molar-refractivity contribution in [2.45, 2.75) is 0 Å². The standard InChI is InChI=1S/C27H22N4O9P2/c32-25(28-21-3-1-5-23(15-21)39-41(35)36)17-7-11-19(12-8-17)30-27(34)31-20-13-9-18(10-14-20)26(33)29-22-4-2-6-24(16-22)40-42(37)38/h1-16,35-36H,(H4-,28,29,30,31,32,33,34,37,38)/p+1. The largest absolute Gasteiger partial charge is 0.747 e. The van der Waals surface area contributed by atoms with Gasteiger partial charge in [0.25, 0.3) is 11.8 Å². The maximum Gasteiger partial charge on any atom is 0.747 e. The van der Waals surface area contributed by atoms with E-state index in [1.54, 1.807) is 48.5 Å². The van der Waals surface area contributed by atoms with Crippen LogP contribution in [0.2, 0.25) is 0 Å². The van der Waals surface area contributed by atoms with Gasteiger partial charge in [-0.05, 0) is 72.8 Å². The van der Waals surface area contributed by atoms with Crippen LogP contribution < -0.4 is 30.3 Å². The van der Waals surface area contributed by atoms with E-state index in [2.05, 4.69) is 21.3 Å². The topological polar surface area (TPSA) is 196 Å². The number of benzene rings is 4. The zero-order valence-corrected chi connectivity index (χ0v) is 23.2. The van der Waals surface area contributed by atoms with Gasteiger partial charge < -0.3 is 35.6 Å². The molecule has 15 heteroatoms. The Bertz CT molecular complexity index is 1600. The molecule has 7 N–H and O–H groups in total. The summed E-state index contributed by atoms with van der Waals surface area (Å²) in [6.45, 7) is 0. The summed E-state index contributed by atoms with van der Waals surface area (Å²) >= 11 is 0. The van der Waals surface area contributed by atoms with Gasteiger partial charge in [0, 0.05) is 50.6 Å². The predicted octanol–water partition coefficient (Wildman–Crippen LogP) is 5.45. The highest BCUT2D eigenvalue weighted by atomic mass is 31.2. The van der Waals surface area contributed by atoms with E-state index < -0.39 is 34.7 Å². The zero-order chi connectivity index (χ0) is 30.1. The van der Waals surface area contributed by atoms with Crippen LogP contribution in [0.5, 0.6) is 11.5 Å². The molecule has 0 aromatic heterocycles. The van der Waals surface area contributed by atoms with Crippen molar-refractivity contribution in [2.24, 2.45) is 0 Å². The van der Waals surface area contributed by atoms with E-state index in [4.69, 9.17) is 23.7 Å².